The highest BCUT2D eigenvalue weighted by atomic mass is 16.6. The molecule has 3 N–H and O–H groups in total. The van der Waals surface area contributed by atoms with Gasteiger partial charge in [0.1, 0.15) is 12.8 Å². The molecule has 0 saturated carbocycles. The fourth-order valence-electron chi connectivity index (χ4n) is 1.42. The first-order valence-corrected chi connectivity index (χ1v) is 4.30. The van der Waals surface area contributed by atoms with Gasteiger partial charge in [-0.25, -0.2) is 10.2 Å². The summed E-state index contributed by atoms with van der Waals surface area (Å²) < 4.78 is 4.87. The summed E-state index contributed by atoms with van der Waals surface area (Å²) in [5, 5.41) is 0. The lowest BCUT2D eigenvalue weighted by Gasteiger charge is -2.19. The van der Waals surface area contributed by atoms with Crippen LogP contribution in [-0.4, -0.2) is 18.9 Å². The number of rotatable bonds is 2. The molecule has 5 heteroatoms. The first-order chi connectivity index (χ1) is 6.83. The number of anilines is 1. The fourth-order valence-corrected chi connectivity index (χ4v) is 1.42. The second-order valence-corrected chi connectivity index (χ2v) is 2.96. The number of ether oxygens (including phenoxy) is 1. The van der Waals surface area contributed by atoms with Gasteiger partial charge in [0.05, 0.1) is 0 Å². The zero-order valence-electron chi connectivity index (χ0n) is 7.51. The molecule has 1 fully saturated rings. The summed E-state index contributed by atoms with van der Waals surface area (Å²) in [6, 6.07) is 9.26. The highest BCUT2D eigenvalue weighted by Gasteiger charge is 2.33. The smallest absolute Gasteiger partial charge is 0.415 e. The van der Waals surface area contributed by atoms with E-state index in [1.165, 1.54) is 4.90 Å². The van der Waals surface area contributed by atoms with E-state index < -0.39 is 0 Å². The molecule has 1 unspecified atom stereocenters. The van der Waals surface area contributed by atoms with Crippen molar-refractivity contribution in [1.29, 1.82) is 0 Å². The maximum atomic E-state index is 11.4. The molecule has 5 nitrogen and oxygen atoms in total. The molecule has 1 atom stereocenters. The molecule has 74 valence electrons. The minimum Gasteiger partial charge on any atom is -0.445 e. The number of carbonyl (C=O) groups is 1. The fraction of sp³-hybridized carbons (Fsp3) is 0.222. The molecule has 1 aromatic rings. The van der Waals surface area contributed by atoms with Gasteiger partial charge in [-0.05, 0) is 12.1 Å². The molecule has 0 bridgehead atoms. The number of benzene rings is 1. The number of hydrogen-bond donors (Lipinski definition) is 2. The van der Waals surface area contributed by atoms with E-state index >= 15 is 0 Å². The highest BCUT2D eigenvalue weighted by Crippen LogP contribution is 2.20. The Labute approximate surface area is 81.4 Å². The quantitative estimate of drug-likeness (QED) is 0.528. The number of nitrogens with zero attached hydrogens (tertiary/aromatic N) is 1. The van der Waals surface area contributed by atoms with Crippen LogP contribution in [0.5, 0.6) is 0 Å². The van der Waals surface area contributed by atoms with Gasteiger partial charge in [-0.15, -0.1) is 0 Å². The van der Waals surface area contributed by atoms with Crippen LogP contribution in [0.3, 0.4) is 0 Å². The van der Waals surface area contributed by atoms with E-state index in [1.54, 1.807) is 0 Å². The van der Waals surface area contributed by atoms with Crippen LogP contribution in [0, 0.1) is 0 Å². The van der Waals surface area contributed by atoms with Crippen LogP contribution in [0.15, 0.2) is 30.3 Å². The van der Waals surface area contributed by atoms with Gasteiger partial charge in [-0.3, -0.25) is 10.7 Å². The predicted molar refractivity (Wildman–Crippen MR) is 51.4 cm³/mol. The van der Waals surface area contributed by atoms with Crippen molar-refractivity contribution >= 4 is 11.8 Å². The van der Waals surface area contributed by atoms with Crippen LogP contribution < -0.4 is 16.2 Å². The standard InChI is InChI=1S/C9H11N3O2/c10-11-8-6-14-9(13)12(8)7-4-2-1-3-5-7/h1-5,8,11H,6,10H2. The Bertz CT molecular complexity index is 328. The third kappa shape index (κ3) is 1.43. The van der Waals surface area contributed by atoms with Crippen LogP contribution in [0.1, 0.15) is 0 Å². The van der Waals surface area contributed by atoms with Crippen molar-refractivity contribution < 1.29 is 9.53 Å². The SMILES string of the molecule is NNC1COC(=O)N1c1ccccc1. The maximum absolute atomic E-state index is 11.4. The van der Waals surface area contributed by atoms with Crippen molar-refractivity contribution in [2.45, 2.75) is 6.17 Å². The van der Waals surface area contributed by atoms with Crippen molar-refractivity contribution in [1.82, 2.24) is 5.43 Å². The van der Waals surface area contributed by atoms with E-state index in [2.05, 4.69) is 5.43 Å². The third-order valence-corrected chi connectivity index (χ3v) is 2.10. The normalized spacial score (nSPS) is 21.1. The number of nitrogens with two attached hydrogens (primary N) is 1. The third-order valence-electron chi connectivity index (χ3n) is 2.10. The molecular weight excluding hydrogens is 182 g/mol. The average Bonchev–Trinajstić information content (AvgIpc) is 2.61. The van der Waals surface area contributed by atoms with Crippen LogP contribution in [0.25, 0.3) is 0 Å². The largest absolute Gasteiger partial charge is 0.445 e. The van der Waals surface area contributed by atoms with E-state index in [1.807, 2.05) is 30.3 Å². The number of amides is 1. The average molecular weight is 193 g/mol. The lowest BCUT2D eigenvalue weighted by atomic mass is 10.3. The van der Waals surface area contributed by atoms with Crippen molar-refractivity contribution in [3.05, 3.63) is 30.3 Å². The molecule has 0 aliphatic carbocycles. The van der Waals surface area contributed by atoms with Crippen LogP contribution >= 0.6 is 0 Å². The summed E-state index contributed by atoms with van der Waals surface area (Å²) in [5.74, 6) is 5.30. The number of para-hydroxylation sites is 1. The van der Waals surface area contributed by atoms with Crippen molar-refractivity contribution in [2.75, 3.05) is 11.5 Å². The Hall–Kier alpha value is -1.59. The molecule has 2 rings (SSSR count). The van der Waals surface area contributed by atoms with Crippen LogP contribution in [-0.2, 0) is 4.74 Å². The zero-order chi connectivity index (χ0) is 9.97. The van der Waals surface area contributed by atoms with Crippen molar-refractivity contribution in [2.24, 2.45) is 5.84 Å². The number of hydrazine groups is 1. The monoisotopic (exact) mass is 193 g/mol. The summed E-state index contributed by atoms with van der Waals surface area (Å²) in [4.78, 5) is 12.8. The van der Waals surface area contributed by atoms with Gasteiger partial charge in [-0.2, -0.15) is 0 Å². The first-order valence-electron chi connectivity index (χ1n) is 4.30. The Balaban J connectivity index is 2.28. The highest BCUT2D eigenvalue weighted by molar-refractivity contribution is 5.90. The first kappa shape index (κ1) is 8.98. The lowest BCUT2D eigenvalue weighted by Crippen LogP contribution is -2.47. The molecule has 14 heavy (non-hydrogen) atoms. The van der Waals surface area contributed by atoms with E-state index in [0.717, 1.165) is 5.69 Å². The Kier molecular flexibility index (Phi) is 2.34. The number of hydrogen-bond acceptors (Lipinski definition) is 4. The molecule has 1 aliphatic heterocycles. The molecule has 0 radical (unpaired) electrons. The topological polar surface area (TPSA) is 67.6 Å². The van der Waals surface area contributed by atoms with Gasteiger partial charge in [-0.1, -0.05) is 18.2 Å². The second kappa shape index (κ2) is 3.65. The number of cyclic esters (lactones) is 1. The van der Waals surface area contributed by atoms with Gasteiger partial charge in [0.25, 0.3) is 0 Å². The number of nitrogens with one attached hydrogen (secondary N) is 1. The molecule has 1 heterocycles. The lowest BCUT2D eigenvalue weighted by molar-refractivity contribution is 0.177. The summed E-state index contributed by atoms with van der Waals surface area (Å²) in [6.45, 7) is 0.268. The Morgan fingerprint density at radius 3 is 2.79 bits per heavy atom. The summed E-state index contributed by atoms with van der Waals surface area (Å²) in [5.41, 5.74) is 3.30. The second-order valence-electron chi connectivity index (χ2n) is 2.96. The van der Waals surface area contributed by atoms with Gasteiger partial charge < -0.3 is 4.74 Å². The molecule has 0 spiro atoms. The Morgan fingerprint density at radius 1 is 1.43 bits per heavy atom. The molecule has 1 aromatic carbocycles. The molecule has 1 saturated heterocycles. The van der Waals surface area contributed by atoms with Crippen molar-refractivity contribution in [3.8, 4) is 0 Å². The van der Waals surface area contributed by atoms with E-state index in [4.69, 9.17) is 10.6 Å². The summed E-state index contributed by atoms with van der Waals surface area (Å²) in [7, 11) is 0. The molecule has 0 aromatic heterocycles. The van der Waals surface area contributed by atoms with E-state index in [9.17, 15) is 4.79 Å². The van der Waals surface area contributed by atoms with E-state index in [0.29, 0.717) is 0 Å². The Morgan fingerprint density at radius 2 is 2.14 bits per heavy atom. The number of carbonyl (C=O) groups excluding carboxylic acids is 1. The maximum Gasteiger partial charge on any atom is 0.415 e. The van der Waals surface area contributed by atoms with E-state index in [-0.39, 0.29) is 18.9 Å². The van der Waals surface area contributed by atoms with Gasteiger partial charge in [0, 0.05) is 5.69 Å². The van der Waals surface area contributed by atoms with Crippen molar-refractivity contribution in [3.63, 3.8) is 0 Å². The van der Waals surface area contributed by atoms with Crippen LogP contribution in [0.2, 0.25) is 0 Å². The molecule has 1 aliphatic rings. The van der Waals surface area contributed by atoms with Gasteiger partial charge >= 0.3 is 6.09 Å². The van der Waals surface area contributed by atoms with Crippen LogP contribution in [0.4, 0.5) is 10.5 Å². The zero-order valence-corrected chi connectivity index (χ0v) is 7.51. The molecule has 1 amide bonds. The summed E-state index contributed by atoms with van der Waals surface area (Å²) >= 11 is 0. The predicted octanol–water partition coefficient (Wildman–Crippen LogP) is 0.433. The minimum absolute atomic E-state index is 0.268. The summed E-state index contributed by atoms with van der Waals surface area (Å²) in [6.07, 6.45) is -0.663. The van der Waals surface area contributed by atoms with Gasteiger partial charge in [0.2, 0.25) is 0 Å². The molecular formula is C9H11N3O2. The van der Waals surface area contributed by atoms with Gasteiger partial charge in [0.15, 0.2) is 0 Å². The minimum atomic E-state index is -0.376.